The lowest BCUT2D eigenvalue weighted by atomic mass is 10.0. The Morgan fingerprint density at radius 3 is 2.41 bits per heavy atom. The summed E-state index contributed by atoms with van der Waals surface area (Å²) >= 11 is 3.16. The molecule has 22 heavy (non-hydrogen) atoms. The monoisotopic (exact) mass is 370 g/mol. The first kappa shape index (κ1) is 18.0. The van der Waals surface area contributed by atoms with Gasteiger partial charge in [0.05, 0.1) is 33.2 Å². The molecule has 1 atom stereocenters. The number of esters is 1. The lowest BCUT2D eigenvalue weighted by Gasteiger charge is -2.19. The van der Waals surface area contributed by atoms with Crippen molar-refractivity contribution >= 4 is 27.9 Å². The van der Waals surface area contributed by atoms with Gasteiger partial charge < -0.3 is 20.1 Å². The molecule has 0 fully saturated rings. The molecule has 1 rings (SSSR count). The molecule has 7 heteroatoms. The van der Waals surface area contributed by atoms with E-state index in [1.165, 1.54) is 7.11 Å². The number of benzene rings is 1. The molecule has 0 aromatic heterocycles. The number of ether oxygens (including phenoxy) is 2. The van der Waals surface area contributed by atoms with Crippen molar-refractivity contribution in [2.75, 3.05) is 20.8 Å². The lowest BCUT2D eigenvalue weighted by Crippen LogP contribution is -2.39. The molecule has 1 aromatic rings. The Balaban J connectivity index is 2.80. The van der Waals surface area contributed by atoms with Crippen molar-refractivity contribution in [3.05, 3.63) is 40.9 Å². The molecule has 120 valence electrons. The van der Waals surface area contributed by atoms with Crippen molar-refractivity contribution in [1.29, 1.82) is 0 Å². The molecule has 0 radical (unpaired) electrons. The van der Waals surface area contributed by atoms with Gasteiger partial charge >= 0.3 is 12.0 Å². The van der Waals surface area contributed by atoms with Crippen LogP contribution in [0.1, 0.15) is 18.0 Å². The van der Waals surface area contributed by atoms with E-state index >= 15 is 0 Å². The van der Waals surface area contributed by atoms with Gasteiger partial charge in [0.2, 0.25) is 0 Å². The summed E-state index contributed by atoms with van der Waals surface area (Å²) in [5.41, 5.74) is 0.777. The quantitative estimate of drug-likeness (QED) is 0.723. The summed E-state index contributed by atoms with van der Waals surface area (Å²) in [4.78, 5) is 23.4. The average Bonchev–Trinajstić information content (AvgIpc) is 2.52. The molecule has 2 N–H and O–H groups in total. The second-order valence-electron chi connectivity index (χ2n) is 4.45. The van der Waals surface area contributed by atoms with Gasteiger partial charge in [-0.2, -0.15) is 0 Å². The Morgan fingerprint density at radius 1 is 1.27 bits per heavy atom. The number of carbonyl (C=O) groups excluding carboxylic acids is 2. The fourth-order valence-electron chi connectivity index (χ4n) is 1.72. The summed E-state index contributed by atoms with van der Waals surface area (Å²) < 4.78 is 10.4. The molecule has 0 heterocycles. The van der Waals surface area contributed by atoms with Crippen LogP contribution in [0.15, 0.2) is 35.3 Å². The van der Waals surface area contributed by atoms with Crippen LogP contribution in [0.5, 0.6) is 5.75 Å². The van der Waals surface area contributed by atoms with Gasteiger partial charge in [-0.3, -0.25) is 4.79 Å². The number of hydrogen-bond donors (Lipinski definition) is 2. The third-order valence-corrected chi connectivity index (χ3v) is 3.14. The van der Waals surface area contributed by atoms with Crippen LogP contribution in [0, 0.1) is 0 Å². The van der Waals surface area contributed by atoms with E-state index in [2.05, 4.69) is 37.9 Å². The first-order valence-corrected chi connectivity index (χ1v) is 7.34. The molecule has 0 spiro atoms. The Labute approximate surface area is 138 Å². The molecule has 6 nitrogen and oxygen atoms in total. The van der Waals surface area contributed by atoms with Crippen molar-refractivity contribution in [3.63, 3.8) is 0 Å². The first-order chi connectivity index (χ1) is 10.5. The van der Waals surface area contributed by atoms with E-state index in [1.807, 2.05) is 0 Å². The number of halogens is 1. The van der Waals surface area contributed by atoms with Gasteiger partial charge in [-0.1, -0.05) is 34.6 Å². The standard InChI is InChI=1S/C15H19BrN2O4/c1-10(16)9-17-15(20)18-13(8-14(19)22-3)11-4-6-12(21-2)7-5-11/h4-7,13H,1,8-9H2,2-3H3,(H2,17,18,20). The van der Waals surface area contributed by atoms with Gasteiger partial charge in [-0.25, -0.2) is 4.79 Å². The lowest BCUT2D eigenvalue weighted by molar-refractivity contribution is -0.141. The van der Waals surface area contributed by atoms with Crippen molar-refractivity contribution < 1.29 is 19.1 Å². The molecule has 0 saturated heterocycles. The van der Waals surface area contributed by atoms with E-state index in [0.717, 1.165) is 5.56 Å². The topological polar surface area (TPSA) is 76.7 Å². The number of urea groups is 1. The second-order valence-corrected chi connectivity index (χ2v) is 5.57. The summed E-state index contributed by atoms with van der Waals surface area (Å²) in [6.07, 6.45) is 0.0332. The molecule has 2 amide bonds. The molecule has 0 bridgehead atoms. The van der Waals surface area contributed by atoms with Crippen LogP contribution in [0.4, 0.5) is 4.79 Å². The first-order valence-electron chi connectivity index (χ1n) is 6.54. The smallest absolute Gasteiger partial charge is 0.315 e. The minimum Gasteiger partial charge on any atom is -0.497 e. The van der Waals surface area contributed by atoms with Crippen LogP contribution in [0.3, 0.4) is 0 Å². The van der Waals surface area contributed by atoms with Crippen LogP contribution in [-0.4, -0.2) is 32.8 Å². The number of amides is 2. The summed E-state index contributed by atoms with van der Waals surface area (Å²) in [6.45, 7) is 3.92. The zero-order valence-corrected chi connectivity index (χ0v) is 14.1. The largest absolute Gasteiger partial charge is 0.497 e. The minimum absolute atomic E-state index is 0.0332. The molecule has 0 saturated carbocycles. The second kappa shape index (κ2) is 9.09. The summed E-state index contributed by atoms with van der Waals surface area (Å²) in [6, 6.07) is 6.21. The Kier molecular flexibility index (Phi) is 7.45. The highest BCUT2D eigenvalue weighted by molar-refractivity contribution is 9.11. The number of hydrogen-bond acceptors (Lipinski definition) is 4. The predicted molar refractivity (Wildman–Crippen MR) is 87.0 cm³/mol. The maximum Gasteiger partial charge on any atom is 0.315 e. The van der Waals surface area contributed by atoms with Gasteiger partial charge in [0.15, 0.2) is 0 Å². The summed E-state index contributed by atoms with van der Waals surface area (Å²) in [5, 5.41) is 5.36. The predicted octanol–water partition coefficient (Wildman–Crippen LogP) is 2.51. The number of methoxy groups -OCH3 is 2. The van der Waals surface area contributed by atoms with Gasteiger partial charge in [-0.15, -0.1) is 0 Å². The van der Waals surface area contributed by atoms with Crippen molar-refractivity contribution in [3.8, 4) is 5.75 Å². The van der Waals surface area contributed by atoms with Gasteiger partial charge in [0, 0.05) is 4.48 Å². The Morgan fingerprint density at radius 2 is 1.91 bits per heavy atom. The van der Waals surface area contributed by atoms with Crippen LogP contribution >= 0.6 is 15.9 Å². The fraction of sp³-hybridized carbons (Fsp3) is 0.333. The third kappa shape index (κ3) is 6.17. The highest BCUT2D eigenvalue weighted by atomic mass is 79.9. The van der Waals surface area contributed by atoms with E-state index in [-0.39, 0.29) is 6.42 Å². The van der Waals surface area contributed by atoms with E-state index in [0.29, 0.717) is 16.8 Å². The van der Waals surface area contributed by atoms with E-state index in [4.69, 9.17) is 4.74 Å². The highest BCUT2D eigenvalue weighted by Crippen LogP contribution is 2.20. The SMILES string of the molecule is C=C(Br)CNC(=O)NC(CC(=O)OC)c1ccc(OC)cc1. The molecular formula is C15H19BrN2O4. The Hall–Kier alpha value is -2.02. The number of rotatable bonds is 7. The van der Waals surface area contributed by atoms with E-state index < -0.39 is 18.0 Å². The molecule has 1 aromatic carbocycles. The van der Waals surface area contributed by atoms with Crippen LogP contribution < -0.4 is 15.4 Å². The van der Waals surface area contributed by atoms with E-state index in [9.17, 15) is 9.59 Å². The molecule has 0 aliphatic heterocycles. The zero-order valence-electron chi connectivity index (χ0n) is 12.5. The van der Waals surface area contributed by atoms with Crippen LogP contribution in [0.25, 0.3) is 0 Å². The Bertz CT molecular complexity index is 531. The average molecular weight is 371 g/mol. The maximum absolute atomic E-state index is 11.9. The van der Waals surface area contributed by atoms with Gasteiger partial charge in [0.1, 0.15) is 5.75 Å². The van der Waals surface area contributed by atoms with Crippen LogP contribution in [-0.2, 0) is 9.53 Å². The van der Waals surface area contributed by atoms with Gasteiger partial charge in [0.25, 0.3) is 0 Å². The maximum atomic E-state index is 11.9. The van der Waals surface area contributed by atoms with Crippen molar-refractivity contribution in [1.82, 2.24) is 10.6 Å². The summed E-state index contributed by atoms with van der Waals surface area (Å²) in [5.74, 6) is 0.284. The number of carbonyl (C=O) groups is 2. The molecule has 1 unspecified atom stereocenters. The van der Waals surface area contributed by atoms with Crippen LogP contribution in [0.2, 0.25) is 0 Å². The summed E-state index contributed by atoms with van der Waals surface area (Å²) in [7, 11) is 2.88. The van der Waals surface area contributed by atoms with Gasteiger partial charge in [-0.05, 0) is 17.7 Å². The fourth-order valence-corrected chi connectivity index (χ4v) is 1.86. The highest BCUT2D eigenvalue weighted by Gasteiger charge is 2.19. The molecule has 0 aliphatic rings. The minimum atomic E-state index is -0.498. The van der Waals surface area contributed by atoms with Crippen molar-refractivity contribution in [2.45, 2.75) is 12.5 Å². The zero-order chi connectivity index (χ0) is 16.5. The third-order valence-electron chi connectivity index (χ3n) is 2.86. The van der Waals surface area contributed by atoms with Crippen molar-refractivity contribution in [2.24, 2.45) is 0 Å². The molecule has 0 aliphatic carbocycles. The van der Waals surface area contributed by atoms with E-state index in [1.54, 1.807) is 31.4 Å². The normalized spacial score (nSPS) is 11.2. The number of nitrogens with one attached hydrogen (secondary N) is 2. The molecular weight excluding hydrogens is 352 g/mol.